The topological polar surface area (TPSA) is 52.9 Å². The van der Waals surface area contributed by atoms with Crippen molar-refractivity contribution in [2.45, 2.75) is 19.8 Å². The SMILES string of the molecule is CCC(C#N)C(=O)NCCc1cccs1. The summed E-state index contributed by atoms with van der Waals surface area (Å²) in [5.41, 5.74) is 0. The predicted octanol–water partition coefficient (Wildman–Crippen LogP) is 1.96. The second-order valence-electron chi connectivity index (χ2n) is 3.21. The standard InChI is InChI=1S/C11H14N2OS/c1-2-9(8-12)11(14)13-6-5-10-4-3-7-15-10/h3-4,7,9H,2,5-6H2,1H3,(H,13,14). The number of carbonyl (C=O) groups excluding carboxylic acids is 1. The molecule has 0 aromatic carbocycles. The lowest BCUT2D eigenvalue weighted by Crippen LogP contribution is -2.31. The highest BCUT2D eigenvalue weighted by Gasteiger charge is 2.14. The molecule has 0 aliphatic heterocycles. The Labute approximate surface area is 93.7 Å². The maximum atomic E-state index is 11.4. The number of nitriles is 1. The van der Waals surface area contributed by atoms with Gasteiger partial charge in [-0.1, -0.05) is 13.0 Å². The van der Waals surface area contributed by atoms with Crippen LogP contribution in [0.3, 0.4) is 0 Å². The molecule has 1 heterocycles. The van der Waals surface area contributed by atoms with Gasteiger partial charge in [-0.15, -0.1) is 11.3 Å². The molecule has 0 aliphatic rings. The Hall–Kier alpha value is -1.34. The minimum Gasteiger partial charge on any atom is -0.355 e. The van der Waals surface area contributed by atoms with Crippen molar-refractivity contribution in [2.75, 3.05) is 6.54 Å². The molecule has 0 fully saturated rings. The first-order chi connectivity index (χ1) is 7.27. The summed E-state index contributed by atoms with van der Waals surface area (Å²) in [5.74, 6) is -0.662. The normalized spacial score (nSPS) is 11.7. The van der Waals surface area contributed by atoms with E-state index >= 15 is 0 Å². The second kappa shape index (κ2) is 6.20. The fraction of sp³-hybridized carbons (Fsp3) is 0.455. The minimum absolute atomic E-state index is 0.156. The molecule has 0 aliphatic carbocycles. The average molecular weight is 222 g/mol. The first kappa shape index (κ1) is 11.7. The number of nitrogens with zero attached hydrogens (tertiary/aromatic N) is 1. The Balaban J connectivity index is 2.26. The van der Waals surface area contributed by atoms with Crippen LogP contribution in [0.2, 0.25) is 0 Å². The van der Waals surface area contributed by atoms with Crippen molar-refractivity contribution < 1.29 is 4.79 Å². The van der Waals surface area contributed by atoms with E-state index in [9.17, 15) is 4.79 Å². The van der Waals surface area contributed by atoms with Gasteiger partial charge in [-0.2, -0.15) is 5.26 Å². The summed E-state index contributed by atoms with van der Waals surface area (Å²) in [7, 11) is 0. The zero-order valence-electron chi connectivity index (χ0n) is 8.69. The maximum Gasteiger partial charge on any atom is 0.237 e. The molecule has 1 aromatic rings. The lowest BCUT2D eigenvalue weighted by atomic mass is 10.1. The molecule has 1 N–H and O–H groups in total. The Kier molecular flexibility index (Phi) is 4.85. The first-order valence-corrected chi connectivity index (χ1v) is 5.85. The van der Waals surface area contributed by atoms with E-state index in [-0.39, 0.29) is 5.91 Å². The van der Waals surface area contributed by atoms with Gasteiger partial charge >= 0.3 is 0 Å². The number of hydrogen-bond acceptors (Lipinski definition) is 3. The van der Waals surface area contributed by atoms with Gasteiger partial charge in [-0.05, 0) is 24.3 Å². The third-order valence-corrected chi connectivity index (χ3v) is 3.07. The van der Waals surface area contributed by atoms with Crippen molar-refractivity contribution >= 4 is 17.2 Å². The van der Waals surface area contributed by atoms with E-state index in [2.05, 4.69) is 5.32 Å². The van der Waals surface area contributed by atoms with Crippen LogP contribution >= 0.6 is 11.3 Å². The van der Waals surface area contributed by atoms with Crippen molar-refractivity contribution in [1.29, 1.82) is 5.26 Å². The number of carbonyl (C=O) groups is 1. The van der Waals surface area contributed by atoms with Gasteiger partial charge in [0, 0.05) is 11.4 Å². The van der Waals surface area contributed by atoms with Crippen LogP contribution in [0.5, 0.6) is 0 Å². The van der Waals surface area contributed by atoms with Crippen LogP contribution in [0.15, 0.2) is 17.5 Å². The van der Waals surface area contributed by atoms with Gasteiger partial charge in [0.25, 0.3) is 0 Å². The van der Waals surface area contributed by atoms with Gasteiger partial charge in [-0.25, -0.2) is 0 Å². The van der Waals surface area contributed by atoms with Crippen LogP contribution in [0.1, 0.15) is 18.2 Å². The van der Waals surface area contributed by atoms with Crippen LogP contribution in [0, 0.1) is 17.2 Å². The average Bonchev–Trinajstić information content (AvgIpc) is 2.72. The highest BCUT2D eigenvalue weighted by molar-refractivity contribution is 7.09. The molecule has 0 spiro atoms. The molecule has 0 saturated carbocycles. The van der Waals surface area contributed by atoms with E-state index < -0.39 is 5.92 Å². The quantitative estimate of drug-likeness (QED) is 0.828. The number of hydrogen-bond donors (Lipinski definition) is 1. The van der Waals surface area contributed by atoms with Gasteiger partial charge in [0.2, 0.25) is 5.91 Å². The van der Waals surface area contributed by atoms with Crippen LogP contribution in [0.4, 0.5) is 0 Å². The molecule has 80 valence electrons. The molecule has 4 heteroatoms. The molecule has 0 bridgehead atoms. The molecule has 1 amide bonds. The summed E-state index contributed by atoms with van der Waals surface area (Å²) < 4.78 is 0. The maximum absolute atomic E-state index is 11.4. The molecule has 15 heavy (non-hydrogen) atoms. The Bertz CT molecular complexity index is 340. The summed E-state index contributed by atoms with van der Waals surface area (Å²) >= 11 is 1.68. The van der Waals surface area contributed by atoms with Crippen LogP contribution in [0.25, 0.3) is 0 Å². The molecule has 1 atom stereocenters. The Morgan fingerprint density at radius 3 is 3.07 bits per heavy atom. The van der Waals surface area contributed by atoms with Gasteiger partial charge < -0.3 is 5.32 Å². The monoisotopic (exact) mass is 222 g/mol. The van der Waals surface area contributed by atoms with Gasteiger partial charge in [-0.3, -0.25) is 4.79 Å². The van der Waals surface area contributed by atoms with Gasteiger partial charge in [0.05, 0.1) is 6.07 Å². The van der Waals surface area contributed by atoms with E-state index in [1.807, 2.05) is 30.5 Å². The highest BCUT2D eigenvalue weighted by atomic mass is 32.1. The van der Waals surface area contributed by atoms with Crippen LogP contribution in [-0.4, -0.2) is 12.5 Å². The minimum atomic E-state index is -0.506. The summed E-state index contributed by atoms with van der Waals surface area (Å²) in [6.07, 6.45) is 1.41. The molecular weight excluding hydrogens is 208 g/mol. The van der Waals surface area contributed by atoms with Crippen molar-refractivity contribution in [3.8, 4) is 6.07 Å². The van der Waals surface area contributed by atoms with Crippen LogP contribution < -0.4 is 5.32 Å². The molecule has 1 rings (SSSR count). The molecular formula is C11H14N2OS. The Morgan fingerprint density at radius 2 is 2.53 bits per heavy atom. The van der Waals surface area contributed by atoms with E-state index in [1.165, 1.54) is 4.88 Å². The largest absolute Gasteiger partial charge is 0.355 e. The Morgan fingerprint density at radius 1 is 1.73 bits per heavy atom. The fourth-order valence-electron chi connectivity index (χ4n) is 1.22. The number of amides is 1. The van der Waals surface area contributed by atoms with Crippen molar-refractivity contribution in [2.24, 2.45) is 5.92 Å². The first-order valence-electron chi connectivity index (χ1n) is 4.97. The molecule has 3 nitrogen and oxygen atoms in total. The summed E-state index contributed by atoms with van der Waals surface area (Å²) in [6.45, 7) is 2.45. The van der Waals surface area contributed by atoms with E-state index in [0.717, 1.165) is 6.42 Å². The molecule has 0 radical (unpaired) electrons. The highest BCUT2D eigenvalue weighted by Crippen LogP contribution is 2.08. The van der Waals surface area contributed by atoms with E-state index in [1.54, 1.807) is 11.3 Å². The van der Waals surface area contributed by atoms with Gasteiger partial charge in [0.1, 0.15) is 5.92 Å². The van der Waals surface area contributed by atoms with Crippen molar-refractivity contribution in [1.82, 2.24) is 5.32 Å². The van der Waals surface area contributed by atoms with Gasteiger partial charge in [0.15, 0.2) is 0 Å². The zero-order chi connectivity index (χ0) is 11.1. The molecule has 0 saturated heterocycles. The number of nitrogens with one attached hydrogen (secondary N) is 1. The predicted molar refractivity (Wildman–Crippen MR) is 60.4 cm³/mol. The van der Waals surface area contributed by atoms with Crippen LogP contribution in [-0.2, 0) is 11.2 Å². The summed E-state index contributed by atoms with van der Waals surface area (Å²) in [6, 6.07) is 6.02. The van der Waals surface area contributed by atoms with E-state index in [4.69, 9.17) is 5.26 Å². The number of thiophene rings is 1. The summed E-state index contributed by atoms with van der Waals surface area (Å²) in [5, 5.41) is 13.5. The lowest BCUT2D eigenvalue weighted by molar-refractivity contribution is -0.123. The molecule has 1 unspecified atom stereocenters. The third kappa shape index (κ3) is 3.72. The lowest BCUT2D eigenvalue weighted by Gasteiger charge is -2.06. The number of rotatable bonds is 5. The van der Waals surface area contributed by atoms with Crippen molar-refractivity contribution in [3.63, 3.8) is 0 Å². The van der Waals surface area contributed by atoms with E-state index in [0.29, 0.717) is 13.0 Å². The second-order valence-corrected chi connectivity index (χ2v) is 4.24. The zero-order valence-corrected chi connectivity index (χ0v) is 9.51. The molecule has 1 aromatic heterocycles. The fourth-order valence-corrected chi connectivity index (χ4v) is 1.93. The summed E-state index contributed by atoms with van der Waals surface area (Å²) in [4.78, 5) is 12.7. The van der Waals surface area contributed by atoms with Crippen molar-refractivity contribution in [3.05, 3.63) is 22.4 Å². The smallest absolute Gasteiger partial charge is 0.237 e. The third-order valence-electron chi connectivity index (χ3n) is 2.13.